The van der Waals surface area contributed by atoms with E-state index in [1.165, 1.54) is 38.2 Å². The molecular weight excluding hydrogens is 389 g/mol. The van der Waals surface area contributed by atoms with Crippen molar-refractivity contribution in [1.82, 2.24) is 0 Å². The topological polar surface area (TPSA) is 52.3 Å². The third-order valence-corrected chi connectivity index (χ3v) is 8.52. The van der Waals surface area contributed by atoms with Crippen LogP contribution in [-0.2, 0) is 16.6 Å². The molecule has 4 heteroatoms. The molecule has 0 unspecified atom stereocenters. The van der Waals surface area contributed by atoms with Crippen molar-refractivity contribution in [2.45, 2.75) is 115 Å². The van der Waals surface area contributed by atoms with Crippen LogP contribution in [0.25, 0.3) is 0 Å². The van der Waals surface area contributed by atoms with Crippen molar-refractivity contribution >= 4 is 5.97 Å². The summed E-state index contributed by atoms with van der Waals surface area (Å²) >= 11 is 0. The Hall–Kier alpha value is -1.42. The van der Waals surface area contributed by atoms with Crippen LogP contribution >= 0.6 is 0 Å². The summed E-state index contributed by atoms with van der Waals surface area (Å²) in [5, 5.41) is 0. The van der Waals surface area contributed by atoms with Crippen LogP contribution in [0.4, 0.5) is 4.39 Å². The lowest BCUT2D eigenvalue weighted by Gasteiger charge is -2.46. The van der Waals surface area contributed by atoms with Gasteiger partial charge in [-0.15, -0.1) is 0 Å². The molecule has 0 aliphatic heterocycles. The normalized spacial score (nSPS) is 29.3. The van der Waals surface area contributed by atoms with E-state index in [-0.39, 0.29) is 28.7 Å². The lowest BCUT2D eigenvalue weighted by molar-refractivity contribution is -0.140. The van der Waals surface area contributed by atoms with Crippen LogP contribution in [0.15, 0.2) is 12.1 Å². The van der Waals surface area contributed by atoms with E-state index in [1.807, 2.05) is 6.07 Å². The van der Waals surface area contributed by atoms with E-state index < -0.39 is 0 Å². The first-order valence-corrected chi connectivity index (χ1v) is 12.7. The minimum absolute atomic E-state index is 0.0248. The van der Waals surface area contributed by atoms with E-state index >= 15 is 4.39 Å². The maximum absolute atomic E-state index is 15.3. The summed E-state index contributed by atoms with van der Waals surface area (Å²) in [6, 6.07) is 3.41. The number of hydrogen-bond acceptors (Lipinski definition) is 3. The number of unbranched alkanes of at least 4 members (excludes halogenated alkanes) is 3. The highest BCUT2D eigenvalue weighted by molar-refractivity contribution is 5.82. The molecule has 2 N–H and O–H groups in total. The van der Waals surface area contributed by atoms with Gasteiger partial charge in [0.25, 0.3) is 0 Å². The molecule has 4 rings (SSSR count). The average Bonchev–Trinajstić information content (AvgIpc) is 3.53. The predicted molar refractivity (Wildman–Crippen MR) is 123 cm³/mol. The summed E-state index contributed by atoms with van der Waals surface area (Å²) < 4.78 is 21.1. The van der Waals surface area contributed by atoms with Crippen molar-refractivity contribution < 1.29 is 13.9 Å². The van der Waals surface area contributed by atoms with E-state index in [2.05, 4.69) is 13.8 Å². The maximum atomic E-state index is 15.3. The van der Waals surface area contributed by atoms with E-state index in [9.17, 15) is 4.79 Å². The first-order valence-electron chi connectivity index (χ1n) is 12.7. The number of benzene rings is 1. The number of rotatable bonds is 7. The highest BCUT2D eigenvalue weighted by atomic mass is 19.1. The number of carbonyl (C=O) groups is 1. The van der Waals surface area contributed by atoms with Gasteiger partial charge in [0.2, 0.25) is 0 Å². The zero-order chi connectivity index (χ0) is 22.1. The predicted octanol–water partition coefficient (Wildman–Crippen LogP) is 6.59. The molecule has 2 bridgehead atoms. The number of fused-ring (bicyclic) bond motifs is 4. The SMILES string of the molecule is CCCCCCC1(C(=O)Oc2cc(F)c3c(c2)[C@@]2(C)CCCCCC[C@@H](C3)[C@@H]2N)CC1. The lowest BCUT2D eigenvalue weighted by Crippen LogP contribution is -2.52. The molecule has 3 nitrogen and oxygen atoms in total. The molecule has 0 radical (unpaired) electrons. The quantitative estimate of drug-likeness (QED) is 0.302. The summed E-state index contributed by atoms with van der Waals surface area (Å²) in [6.07, 6.45) is 14.8. The number of ether oxygens (including phenoxy) is 1. The third-order valence-electron chi connectivity index (χ3n) is 8.52. The number of halogens is 1. The molecule has 0 saturated heterocycles. The fourth-order valence-electron chi connectivity index (χ4n) is 6.12. The molecule has 0 aromatic heterocycles. The van der Waals surface area contributed by atoms with Crippen molar-refractivity contribution in [2.75, 3.05) is 0 Å². The fraction of sp³-hybridized carbons (Fsp3) is 0.741. The first-order chi connectivity index (χ1) is 14.9. The Labute approximate surface area is 187 Å². The zero-order valence-corrected chi connectivity index (χ0v) is 19.5. The van der Waals surface area contributed by atoms with Gasteiger partial charge in [0.05, 0.1) is 5.41 Å². The molecule has 31 heavy (non-hydrogen) atoms. The number of carbonyl (C=O) groups excluding carboxylic acids is 1. The molecule has 0 amide bonds. The van der Waals surface area contributed by atoms with E-state index in [0.717, 1.165) is 62.5 Å². The molecule has 0 spiro atoms. The first kappa shape index (κ1) is 22.8. The van der Waals surface area contributed by atoms with Crippen LogP contribution in [-0.4, -0.2) is 12.0 Å². The molecule has 2 fully saturated rings. The van der Waals surface area contributed by atoms with Crippen molar-refractivity contribution in [1.29, 1.82) is 0 Å². The summed E-state index contributed by atoms with van der Waals surface area (Å²) in [4.78, 5) is 13.0. The molecule has 1 aromatic rings. The summed E-state index contributed by atoms with van der Waals surface area (Å²) in [7, 11) is 0. The Morgan fingerprint density at radius 3 is 2.65 bits per heavy atom. The second-order valence-corrected chi connectivity index (χ2v) is 10.8. The monoisotopic (exact) mass is 429 g/mol. The van der Waals surface area contributed by atoms with Crippen molar-refractivity contribution in [3.05, 3.63) is 29.1 Å². The maximum Gasteiger partial charge on any atom is 0.317 e. The van der Waals surface area contributed by atoms with Gasteiger partial charge >= 0.3 is 5.97 Å². The average molecular weight is 430 g/mol. The standard InChI is InChI=1S/C27H40FNO2/c1-3-4-5-10-13-27(14-15-27)25(30)31-20-17-22-21(23(28)18-20)16-19-11-8-6-7-9-12-26(22,2)24(19)29/h17-19,24H,3-16,29H2,1-2H3/t19-,24-,26+/m0/s1. The van der Waals surface area contributed by atoms with Gasteiger partial charge in [0.1, 0.15) is 11.6 Å². The zero-order valence-electron chi connectivity index (χ0n) is 19.5. The molecule has 3 aliphatic carbocycles. The highest BCUT2D eigenvalue weighted by Gasteiger charge is 2.51. The lowest BCUT2D eigenvalue weighted by atomic mass is 9.61. The molecule has 3 atom stereocenters. The minimum Gasteiger partial charge on any atom is -0.426 e. The second-order valence-electron chi connectivity index (χ2n) is 10.8. The third kappa shape index (κ3) is 4.55. The van der Waals surface area contributed by atoms with Crippen molar-refractivity contribution in [2.24, 2.45) is 17.1 Å². The molecule has 3 aliphatic rings. The van der Waals surface area contributed by atoms with Gasteiger partial charge in [-0.1, -0.05) is 65.2 Å². The largest absolute Gasteiger partial charge is 0.426 e. The van der Waals surface area contributed by atoms with Gasteiger partial charge in [-0.3, -0.25) is 4.79 Å². The second kappa shape index (κ2) is 9.21. The van der Waals surface area contributed by atoms with Crippen molar-refractivity contribution in [3.8, 4) is 5.75 Å². The van der Waals surface area contributed by atoms with Gasteiger partial charge in [0.15, 0.2) is 0 Å². The van der Waals surface area contributed by atoms with Crippen molar-refractivity contribution in [3.63, 3.8) is 0 Å². The van der Waals surface area contributed by atoms with Crippen LogP contribution in [0.5, 0.6) is 5.75 Å². The van der Waals surface area contributed by atoms with Gasteiger partial charge in [-0.2, -0.15) is 0 Å². The van der Waals surface area contributed by atoms with Crippen LogP contribution in [0.1, 0.15) is 108 Å². The number of hydrogen-bond donors (Lipinski definition) is 1. The fourth-order valence-corrected chi connectivity index (χ4v) is 6.12. The van der Waals surface area contributed by atoms with Crippen LogP contribution in [0.2, 0.25) is 0 Å². The molecule has 0 heterocycles. The number of esters is 1. The Morgan fingerprint density at radius 1 is 1.13 bits per heavy atom. The summed E-state index contributed by atoms with van der Waals surface area (Å²) in [6.45, 7) is 4.40. The van der Waals surface area contributed by atoms with E-state index in [4.69, 9.17) is 10.5 Å². The van der Waals surface area contributed by atoms with Crippen LogP contribution < -0.4 is 10.5 Å². The molecular formula is C27H40FNO2. The van der Waals surface area contributed by atoms with Crippen LogP contribution in [0, 0.1) is 17.2 Å². The minimum atomic E-state index is -0.330. The van der Waals surface area contributed by atoms with Gasteiger partial charge < -0.3 is 10.5 Å². The Balaban J connectivity index is 1.56. The van der Waals surface area contributed by atoms with Crippen LogP contribution in [0.3, 0.4) is 0 Å². The molecule has 2 saturated carbocycles. The van der Waals surface area contributed by atoms with Gasteiger partial charge in [-0.05, 0) is 61.6 Å². The van der Waals surface area contributed by atoms with E-state index in [0.29, 0.717) is 18.1 Å². The van der Waals surface area contributed by atoms with Gasteiger partial charge in [0, 0.05) is 17.5 Å². The smallest absolute Gasteiger partial charge is 0.317 e. The number of nitrogens with two attached hydrogens (primary N) is 1. The summed E-state index contributed by atoms with van der Waals surface area (Å²) in [5.74, 6) is 0.306. The van der Waals surface area contributed by atoms with Gasteiger partial charge in [-0.25, -0.2) is 4.39 Å². The Bertz CT molecular complexity index is 803. The molecule has 1 aromatic carbocycles. The van der Waals surface area contributed by atoms with E-state index in [1.54, 1.807) is 0 Å². The summed E-state index contributed by atoms with van der Waals surface area (Å²) in [5.41, 5.74) is 7.99. The Morgan fingerprint density at radius 2 is 1.90 bits per heavy atom. The highest BCUT2D eigenvalue weighted by Crippen LogP contribution is 2.52. The Kier molecular flexibility index (Phi) is 6.76. The molecule has 172 valence electrons.